The molecule has 0 radical (unpaired) electrons. The Morgan fingerprint density at radius 1 is 1.63 bits per heavy atom. The third-order valence-electron chi connectivity index (χ3n) is 2.23. The van der Waals surface area contributed by atoms with Gasteiger partial charge in [-0.1, -0.05) is 11.1 Å². The van der Waals surface area contributed by atoms with E-state index in [1.54, 1.807) is 6.92 Å². The molecular weight excluding hydrogens is 314 g/mol. The summed E-state index contributed by atoms with van der Waals surface area (Å²) in [5.74, 6) is 3.34. The lowest BCUT2D eigenvalue weighted by Gasteiger charge is -2.07. The molecule has 1 N–H and O–H groups in total. The van der Waals surface area contributed by atoms with Gasteiger partial charge in [-0.3, -0.25) is 4.79 Å². The second-order valence-electron chi connectivity index (χ2n) is 3.62. The van der Waals surface area contributed by atoms with Crippen LogP contribution in [-0.2, 0) is 13.1 Å². The van der Waals surface area contributed by atoms with Crippen LogP contribution >= 0.6 is 15.9 Å². The summed E-state index contributed by atoms with van der Waals surface area (Å²) in [6.07, 6.45) is 6.66. The summed E-state index contributed by atoms with van der Waals surface area (Å²) < 4.78 is 6.39. The number of halogens is 1. The number of rotatable bonds is 4. The highest BCUT2D eigenvalue weighted by atomic mass is 79.9. The second kappa shape index (κ2) is 5.67. The van der Waals surface area contributed by atoms with Crippen molar-refractivity contribution in [3.05, 3.63) is 32.7 Å². The van der Waals surface area contributed by atoms with Crippen molar-refractivity contribution in [2.24, 2.45) is 0 Å². The van der Waals surface area contributed by atoms with Crippen molar-refractivity contribution in [1.29, 1.82) is 0 Å². The van der Waals surface area contributed by atoms with Crippen LogP contribution in [-0.4, -0.2) is 19.9 Å². The SMILES string of the molecule is C#CCn1ncc(NCc2noc(C)n2)c(Br)c1=O. The Hall–Kier alpha value is -2.14. The number of terminal acetylenes is 1. The van der Waals surface area contributed by atoms with Gasteiger partial charge >= 0.3 is 0 Å². The molecule has 2 heterocycles. The monoisotopic (exact) mass is 323 g/mol. The first-order chi connectivity index (χ1) is 9.11. The van der Waals surface area contributed by atoms with E-state index in [1.165, 1.54) is 10.9 Å². The minimum atomic E-state index is -0.299. The minimum Gasteiger partial charge on any atom is -0.375 e. The first-order valence-electron chi connectivity index (χ1n) is 5.34. The predicted octanol–water partition coefficient (Wildman–Crippen LogP) is 0.943. The molecule has 8 heteroatoms. The lowest BCUT2D eigenvalue weighted by atomic mass is 10.4. The van der Waals surface area contributed by atoms with Crippen LogP contribution in [0.5, 0.6) is 0 Å². The zero-order valence-corrected chi connectivity index (χ0v) is 11.6. The van der Waals surface area contributed by atoms with Gasteiger partial charge in [-0.25, -0.2) is 4.68 Å². The van der Waals surface area contributed by atoms with Crippen LogP contribution < -0.4 is 10.9 Å². The molecule has 0 aliphatic heterocycles. The number of nitrogens with zero attached hydrogens (tertiary/aromatic N) is 4. The normalized spacial score (nSPS) is 10.2. The van der Waals surface area contributed by atoms with Crippen molar-refractivity contribution < 1.29 is 4.52 Å². The van der Waals surface area contributed by atoms with Gasteiger partial charge in [-0.2, -0.15) is 10.1 Å². The molecule has 0 aliphatic carbocycles. The Morgan fingerprint density at radius 2 is 2.42 bits per heavy atom. The van der Waals surface area contributed by atoms with Crippen LogP contribution in [0.4, 0.5) is 5.69 Å². The van der Waals surface area contributed by atoms with Gasteiger partial charge in [0.1, 0.15) is 11.0 Å². The van der Waals surface area contributed by atoms with Gasteiger partial charge in [0.2, 0.25) is 5.89 Å². The van der Waals surface area contributed by atoms with E-state index in [0.29, 0.717) is 28.4 Å². The van der Waals surface area contributed by atoms with Crippen LogP contribution in [0.15, 0.2) is 20.0 Å². The molecule has 7 nitrogen and oxygen atoms in total. The average molecular weight is 324 g/mol. The van der Waals surface area contributed by atoms with Gasteiger partial charge in [0.05, 0.1) is 18.4 Å². The van der Waals surface area contributed by atoms with Crippen molar-refractivity contribution in [2.45, 2.75) is 20.0 Å². The number of hydrogen-bond acceptors (Lipinski definition) is 6. The van der Waals surface area contributed by atoms with E-state index in [4.69, 9.17) is 10.9 Å². The highest BCUT2D eigenvalue weighted by molar-refractivity contribution is 9.10. The summed E-state index contributed by atoms with van der Waals surface area (Å²) in [6.45, 7) is 2.16. The molecule has 2 aromatic heterocycles. The molecule has 0 amide bonds. The molecule has 0 aliphatic rings. The van der Waals surface area contributed by atoms with E-state index < -0.39 is 0 Å². The zero-order valence-electron chi connectivity index (χ0n) is 10.1. The number of hydrogen-bond donors (Lipinski definition) is 1. The summed E-state index contributed by atoms with van der Waals surface area (Å²) in [7, 11) is 0. The molecular formula is C11H10BrN5O2. The molecule has 2 rings (SSSR count). The number of aryl methyl sites for hydroxylation is 1. The molecule has 0 unspecified atom stereocenters. The lowest BCUT2D eigenvalue weighted by molar-refractivity contribution is 0.388. The third-order valence-corrected chi connectivity index (χ3v) is 3.00. The summed E-state index contributed by atoms with van der Waals surface area (Å²) in [5, 5.41) is 10.7. The van der Waals surface area contributed by atoms with Crippen LogP contribution in [0.3, 0.4) is 0 Å². The Kier molecular flexibility index (Phi) is 3.97. The van der Waals surface area contributed by atoms with Gasteiger partial charge < -0.3 is 9.84 Å². The zero-order chi connectivity index (χ0) is 13.8. The maximum absolute atomic E-state index is 11.9. The average Bonchev–Trinajstić information content (AvgIpc) is 2.80. The Morgan fingerprint density at radius 3 is 3.05 bits per heavy atom. The van der Waals surface area contributed by atoms with E-state index in [1.807, 2.05) is 0 Å². The molecule has 0 bridgehead atoms. The molecule has 19 heavy (non-hydrogen) atoms. The van der Waals surface area contributed by atoms with Crippen LogP contribution in [0.25, 0.3) is 0 Å². The van der Waals surface area contributed by atoms with Gasteiger partial charge in [0, 0.05) is 6.92 Å². The first kappa shape index (κ1) is 13.3. The fourth-order valence-corrected chi connectivity index (χ4v) is 1.82. The first-order valence-corrected chi connectivity index (χ1v) is 6.13. The van der Waals surface area contributed by atoms with E-state index in [-0.39, 0.29) is 12.1 Å². The highest BCUT2D eigenvalue weighted by Gasteiger charge is 2.09. The Bertz CT molecular complexity index is 685. The molecule has 0 saturated carbocycles. The molecule has 0 atom stereocenters. The Labute approximate surface area is 117 Å². The maximum atomic E-state index is 11.9. The van der Waals surface area contributed by atoms with Gasteiger partial charge in [0.25, 0.3) is 5.56 Å². The summed E-state index contributed by atoms with van der Waals surface area (Å²) in [5.41, 5.74) is 0.243. The van der Waals surface area contributed by atoms with Crippen LogP contribution in [0.1, 0.15) is 11.7 Å². The summed E-state index contributed by atoms with van der Waals surface area (Å²) >= 11 is 3.21. The van der Waals surface area contributed by atoms with E-state index in [9.17, 15) is 4.79 Å². The molecule has 0 fully saturated rings. The topological polar surface area (TPSA) is 85.8 Å². The van der Waals surface area contributed by atoms with Gasteiger partial charge in [-0.15, -0.1) is 6.42 Å². The second-order valence-corrected chi connectivity index (χ2v) is 4.42. The number of anilines is 1. The maximum Gasteiger partial charge on any atom is 0.284 e. The van der Waals surface area contributed by atoms with Crippen molar-refractivity contribution in [3.8, 4) is 12.3 Å². The van der Waals surface area contributed by atoms with Crippen LogP contribution in [0, 0.1) is 19.3 Å². The molecule has 0 spiro atoms. The predicted molar refractivity (Wildman–Crippen MR) is 71.4 cm³/mol. The molecule has 98 valence electrons. The fraction of sp³-hybridized carbons (Fsp3) is 0.273. The van der Waals surface area contributed by atoms with E-state index in [2.05, 4.69) is 42.4 Å². The summed E-state index contributed by atoms with van der Waals surface area (Å²) in [4.78, 5) is 15.9. The smallest absolute Gasteiger partial charge is 0.284 e. The largest absolute Gasteiger partial charge is 0.375 e. The quantitative estimate of drug-likeness (QED) is 0.843. The van der Waals surface area contributed by atoms with Gasteiger partial charge in [-0.05, 0) is 15.9 Å². The highest BCUT2D eigenvalue weighted by Crippen LogP contribution is 2.16. The molecule has 0 saturated heterocycles. The molecule has 2 aromatic rings. The van der Waals surface area contributed by atoms with E-state index in [0.717, 1.165) is 0 Å². The van der Waals surface area contributed by atoms with Crippen molar-refractivity contribution >= 4 is 21.6 Å². The number of aromatic nitrogens is 4. The van der Waals surface area contributed by atoms with Crippen molar-refractivity contribution in [1.82, 2.24) is 19.9 Å². The third kappa shape index (κ3) is 3.00. The Balaban J connectivity index is 2.16. The van der Waals surface area contributed by atoms with Crippen LogP contribution in [0.2, 0.25) is 0 Å². The van der Waals surface area contributed by atoms with Crippen molar-refractivity contribution in [2.75, 3.05) is 5.32 Å². The minimum absolute atomic E-state index is 0.127. The summed E-state index contributed by atoms with van der Waals surface area (Å²) in [6, 6.07) is 0. The van der Waals surface area contributed by atoms with Gasteiger partial charge in [0.15, 0.2) is 5.82 Å². The lowest BCUT2D eigenvalue weighted by Crippen LogP contribution is -2.24. The number of nitrogens with one attached hydrogen (secondary N) is 1. The van der Waals surface area contributed by atoms with Crippen molar-refractivity contribution in [3.63, 3.8) is 0 Å². The fourth-order valence-electron chi connectivity index (χ4n) is 1.37. The molecule has 0 aromatic carbocycles. The van der Waals surface area contributed by atoms with E-state index >= 15 is 0 Å². The standard InChI is InChI=1S/C11H10BrN5O2/c1-3-4-17-11(18)10(12)8(5-14-17)13-6-9-15-7(2)19-16-9/h1,5,13H,4,6H2,2H3.